The fourth-order valence-electron chi connectivity index (χ4n) is 4.31. The van der Waals surface area contributed by atoms with Crippen molar-refractivity contribution in [2.45, 2.75) is 75.5 Å². The van der Waals surface area contributed by atoms with E-state index in [0.29, 0.717) is 22.6 Å². The molecule has 0 spiro atoms. The molecular formula is C22H34N4O4. The van der Waals surface area contributed by atoms with Crippen LogP contribution in [0.5, 0.6) is 11.5 Å². The second-order valence-electron chi connectivity index (χ2n) is 8.42. The fourth-order valence-corrected chi connectivity index (χ4v) is 4.31. The molecule has 2 fully saturated rings. The first-order valence-corrected chi connectivity index (χ1v) is 10.8. The molecular weight excluding hydrogens is 384 g/mol. The SMILES string of the molecule is COc1cc(OC)c(C(=O)N[C@H]2CC[C@H](N)CC2)cc1C(=O)N[C@H]1CC[C@H](N)CC1. The Balaban J connectivity index is 1.77. The molecule has 8 heteroatoms. The van der Waals surface area contributed by atoms with E-state index in [1.54, 1.807) is 12.1 Å². The Morgan fingerprint density at radius 2 is 1.10 bits per heavy atom. The van der Waals surface area contributed by atoms with Crippen LogP contribution in [0.4, 0.5) is 0 Å². The van der Waals surface area contributed by atoms with Gasteiger partial charge in [0.2, 0.25) is 0 Å². The summed E-state index contributed by atoms with van der Waals surface area (Å²) in [5.74, 6) is 0.231. The van der Waals surface area contributed by atoms with Gasteiger partial charge in [-0.1, -0.05) is 0 Å². The Labute approximate surface area is 178 Å². The molecule has 6 N–H and O–H groups in total. The molecule has 30 heavy (non-hydrogen) atoms. The number of hydrogen-bond donors (Lipinski definition) is 4. The van der Waals surface area contributed by atoms with Crippen molar-refractivity contribution in [1.82, 2.24) is 10.6 Å². The molecule has 3 rings (SSSR count). The highest BCUT2D eigenvalue weighted by Gasteiger charge is 2.26. The molecule has 0 unspecified atom stereocenters. The lowest BCUT2D eigenvalue weighted by Crippen LogP contribution is -2.41. The van der Waals surface area contributed by atoms with E-state index < -0.39 is 0 Å². The molecule has 1 aromatic carbocycles. The summed E-state index contributed by atoms with van der Waals surface area (Å²) in [6.07, 6.45) is 6.97. The maximum Gasteiger partial charge on any atom is 0.255 e. The first-order chi connectivity index (χ1) is 14.4. The highest BCUT2D eigenvalue weighted by molar-refractivity contribution is 6.03. The highest BCUT2D eigenvalue weighted by Crippen LogP contribution is 2.30. The summed E-state index contributed by atoms with van der Waals surface area (Å²) < 4.78 is 10.8. The standard InChI is InChI=1S/C22H34N4O4/c1-29-19-12-20(30-2)18(22(28)26-16-9-5-14(24)6-10-16)11-17(19)21(27)25-15-7-3-13(23)4-8-15/h11-16H,3-10,23-24H2,1-2H3,(H,25,27)(H,26,28)/t13-,14-,15-,16-. The number of nitrogens with one attached hydrogen (secondary N) is 2. The van der Waals surface area contributed by atoms with Crippen LogP contribution < -0.4 is 31.6 Å². The number of benzene rings is 1. The van der Waals surface area contributed by atoms with Crippen LogP contribution in [0.3, 0.4) is 0 Å². The monoisotopic (exact) mass is 418 g/mol. The van der Waals surface area contributed by atoms with E-state index in [4.69, 9.17) is 20.9 Å². The zero-order valence-corrected chi connectivity index (χ0v) is 17.9. The second kappa shape index (κ2) is 10.1. The maximum absolute atomic E-state index is 13.0. The quantitative estimate of drug-likeness (QED) is 0.557. The van der Waals surface area contributed by atoms with Gasteiger partial charge in [0.25, 0.3) is 11.8 Å². The predicted octanol–water partition coefficient (Wildman–Crippen LogP) is 1.70. The molecule has 2 saturated carbocycles. The molecule has 0 radical (unpaired) electrons. The minimum atomic E-state index is -0.257. The molecule has 0 heterocycles. The van der Waals surface area contributed by atoms with Gasteiger partial charge in [-0.3, -0.25) is 9.59 Å². The number of nitrogens with two attached hydrogens (primary N) is 2. The van der Waals surface area contributed by atoms with Crippen LogP contribution in [0.2, 0.25) is 0 Å². The van der Waals surface area contributed by atoms with Gasteiger partial charge in [-0.05, 0) is 57.4 Å². The van der Waals surface area contributed by atoms with E-state index >= 15 is 0 Å². The normalized spacial score (nSPS) is 26.5. The molecule has 2 aliphatic carbocycles. The summed E-state index contributed by atoms with van der Waals surface area (Å²) in [7, 11) is 2.99. The van der Waals surface area contributed by atoms with Crippen molar-refractivity contribution in [3.63, 3.8) is 0 Å². The van der Waals surface area contributed by atoms with E-state index in [2.05, 4.69) is 10.6 Å². The second-order valence-corrected chi connectivity index (χ2v) is 8.42. The number of carbonyl (C=O) groups is 2. The molecule has 0 aliphatic heterocycles. The number of rotatable bonds is 6. The van der Waals surface area contributed by atoms with Crippen molar-refractivity contribution in [3.8, 4) is 11.5 Å². The van der Waals surface area contributed by atoms with Crippen LogP contribution in [0, 0.1) is 0 Å². The fraction of sp³-hybridized carbons (Fsp3) is 0.636. The summed E-state index contributed by atoms with van der Waals surface area (Å²) in [5, 5.41) is 6.12. The summed E-state index contributed by atoms with van der Waals surface area (Å²) in [6.45, 7) is 0. The van der Waals surface area contributed by atoms with Crippen molar-refractivity contribution in [1.29, 1.82) is 0 Å². The van der Waals surface area contributed by atoms with Gasteiger partial charge in [0.05, 0.1) is 25.3 Å². The Morgan fingerprint density at radius 1 is 0.733 bits per heavy atom. The minimum absolute atomic E-state index is 0.0767. The van der Waals surface area contributed by atoms with Gasteiger partial charge in [0, 0.05) is 30.2 Å². The van der Waals surface area contributed by atoms with Crippen molar-refractivity contribution < 1.29 is 19.1 Å². The van der Waals surface area contributed by atoms with Crippen LogP contribution in [0.15, 0.2) is 12.1 Å². The summed E-state index contributed by atoms with van der Waals surface area (Å²) in [5.41, 5.74) is 12.6. The number of amides is 2. The average molecular weight is 419 g/mol. The van der Waals surface area contributed by atoms with Crippen LogP contribution >= 0.6 is 0 Å². The van der Waals surface area contributed by atoms with E-state index in [1.165, 1.54) is 14.2 Å². The highest BCUT2D eigenvalue weighted by atomic mass is 16.5. The van der Waals surface area contributed by atoms with Gasteiger partial charge in [-0.25, -0.2) is 0 Å². The van der Waals surface area contributed by atoms with Gasteiger partial charge >= 0.3 is 0 Å². The van der Waals surface area contributed by atoms with Crippen molar-refractivity contribution in [2.24, 2.45) is 11.5 Å². The summed E-state index contributed by atoms with van der Waals surface area (Å²) in [6, 6.07) is 3.72. The van der Waals surface area contributed by atoms with E-state index in [1.807, 2.05) is 0 Å². The summed E-state index contributed by atoms with van der Waals surface area (Å²) >= 11 is 0. The third-order valence-electron chi connectivity index (χ3n) is 6.22. The first kappa shape index (κ1) is 22.4. The van der Waals surface area contributed by atoms with E-state index in [0.717, 1.165) is 51.4 Å². The predicted molar refractivity (Wildman–Crippen MR) is 115 cm³/mol. The van der Waals surface area contributed by atoms with Crippen molar-refractivity contribution in [2.75, 3.05) is 14.2 Å². The molecule has 0 bridgehead atoms. The van der Waals surface area contributed by atoms with Crippen molar-refractivity contribution in [3.05, 3.63) is 23.3 Å². The van der Waals surface area contributed by atoms with Crippen LogP contribution in [-0.4, -0.2) is 50.2 Å². The Kier molecular flexibility index (Phi) is 7.55. The zero-order chi connectivity index (χ0) is 21.7. The average Bonchev–Trinajstić information content (AvgIpc) is 2.75. The largest absolute Gasteiger partial charge is 0.496 e. The first-order valence-electron chi connectivity index (χ1n) is 10.8. The van der Waals surface area contributed by atoms with Crippen LogP contribution in [-0.2, 0) is 0 Å². The molecule has 8 nitrogen and oxygen atoms in total. The van der Waals surface area contributed by atoms with Gasteiger partial charge in [-0.2, -0.15) is 0 Å². The van der Waals surface area contributed by atoms with Gasteiger partial charge in [0.1, 0.15) is 11.5 Å². The van der Waals surface area contributed by atoms with Gasteiger partial charge in [0.15, 0.2) is 0 Å². The molecule has 2 amide bonds. The van der Waals surface area contributed by atoms with Crippen LogP contribution in [0.1, 0.15) is 72.1 Å². The Hall–Kier alpha value is -2.32. The maximum atomic E-state index is 13.0. The number of carbonyl (C=O) groups excluding carboxylic acids is 2. The van der Waals surface area contributed by atoms with E-state index in [-0.39, 0.29) is 36.0 Å². The van der Waals surface area contributed by atoms with Crippen molar-refractivity contribution >= 4 is 11.8 Å². The summed E-state index contributed by atoms with van der Waals surface area (Å²) in [4.78, 5) is 25.9. The molecule has 2 aliphatic rings. The van der Waals surface area contributed by atoms with E-state index in [9.17, 15) is 9.59 Å². The molecule has 0 atom stereocenters. The lowest BCUT2D eigenvalue weighted by molar-refractivity contribution is 0.0922. The minimum Gasteiger partial charge on any atom is -0.496 e. The molecule has 166 valence electrons. The van der Waals surface area contributed by atoms with Gasteiger partial charge in [-0.15, -0.1) is 0 Å². The Morgan fingerprint density at radius 3 is 1.43 bits per heavy atom. The lowest BCUT2D eigenvalue weighted by Gasteiger charge is -2.28. The smallest absolute Gasteiger partial charge is 0.255 e. The lowest BCUT2D eigenvalue weighted by atomic mass is 9.91. The van der Waals surface area contributed by atoms with Gasteiger partial charge < -0.3 is 31.6 Å². The third-order valence-corrected chi connectivity index (χ3v) is 6.22. The molecule has 1 aromatic rings. The zero-order valence-electron chi connectivity index (χ0n) is 17.9. The third kappa shape index (κ3) is 5.43. The van der Waals surface area contributed by atoms with Crippen LogP contribution in [0.25, 0.3) is 0 Å². The number of hydrogen-bond acceptors (Lipinski definition) is 6. The number of ether oxygens (including phenoxy) is 2. The topological polar surface area (TPSA) is 129 Å². The molecule has 0 aromatic heterocycles. The molecule has 0 saturated heterocycles. The number of methoxy groups -OCH3 is 2. The Bertz CT molecular complexity index is 694.